The van der Waals surface area contributed by atoms with Crippen LogP contribution in [0.2, 0.25) is 0 Å². The molecule has 2 rings (SSSR count). The highest BCUT2D eigenvalue weighted by molar-refractivity contribution is 5.04. The Bertz CT molecular complexity index is 347. The van der Waals surface area contributed by atoms with Crippen LogP contribution in [-0.4, -0.2) is 53.1 Å². The quantitative estimate of drug-likeness (QED) is 0.840. The molecule has 0 spiro atoms. The van der Waals surface area contributed by atoms with Gasteiger partial charge in [0.05, 0.1) is 6.07 Å². The van der Waals surface area contributed by atoms with E-state index in [1.165, 1.54) is 32.4 Å². The van der Waals surface area contributed by atoms with Gasteiger partial charge in [-0.1, -0.05) is 6.42 Å². The van der Waals surface area contributed by atoms with Gasteiger partial charge in [0.25, 0.3) is 0 Å². The predicted molar refractivity (Wildman–Crippen MR) is 77.7 cm³/mol. The molecule has 4 atom stereocenters. The van der Waals surface area contributed by atoms with Gasteiger partial charge in [-0.3, -0.25) is 9.80 Å². The minimum Gasteiger partial charge on any atom is -0.314 e. The number of hydrogen-bond donors (Lipinski definition) is 1. The van der Waals surface area contributed by atoms with Gasteiger partial charge in [0, 0.05) is 31.2 Å². The summed E-state index contributed by atoms with van der Waals surface area (Å²) >= 11 is 0. The maximum Gasteiger partial charge on any atom is 0.102 e. The van der Waals surface area contributed by atoms with Gasteiger partial charge < -0.3 is 5.73 Å². The van der Waals surface area contributed by atoms with E-state index in [1.54, 1.807) is 0 Å². The second-order valence-corrected chi connectivity index (χ2v) is 6.77. The minimum atomic E-state index is -0.706. The first kappa shape index (κ1) is 14.8. The Kier molecular flexibility index (Phi) is 4.50. The van der Waals surface area contributed by atoms with Gasteiger partial charge in [0.15, 0.2) is 0 Å². The van der Waals surface area contributed by atoms with Crippen molar-refractivity contribution in [3.05, 3.63) is 0 Å². The largest absolute Gasteiger partial charge is 0.314 e. The summed E-state index contributed by atoms with van der Waals surface area (Å²) in [5.74, 6) is 0. The zero-order valence-corrected chi connectivity index (χ0v) is 12.6. The third kappa shape index (κ3) is 3.47. The first-order chi connectivity index (χ1) is 8.93. The Morgan fingerprint density at radius 2 is 2.16 bits per heavy atom. The van der Waals surface area contributed by atoms with E-state index in [0.29, 0.717) is 12.1 Å². The summed E-state index contributed by atoms with van der Waals surface area (Å²) in [5, 5.41) is 9.09. The van der Waals surface area contributed by atoms with Crippen LogP contribution in [0, 0.1) is 11.3 Å². The van der Waals surface area contributed by atoms with Crippen molar-refractivity contribution in [2.24, 2.45) is 5.73 Å². The van der Waals surface area contributed by atoms with Crippen molar-refractivity contribution in [2.45, 2.75) is 70.1 Å². The van der Waals surface area contributed by atoms with Crippen LogP contribution in [-0.2, 0) is 0 Å². The molecule has 19 heavy (non-hydrogen) atoms. The van der Waals surface area contributed by atoms with Crippen LogP contribution >= 0.6 is 0 Å². The van der Waals surface area contributed by atoms with Gasteiger partial charge in [0.2, 0.25) is 0 Å². The van der Waals surface area contributed by atoms with E-state index in [4.69, 9.17) is 11.0 Å². The Balaban J connectivity index is 1.98. The van der Waals surface area contributed by atoms with Crippen molar-refractivity contribution < 1.29 is 0 Å². The lowest BCUT2D eigenvalue weighted by Crippen LogP contribution is -2.61. The highest BCUT2D eigenvalue weighted by atomic mass is 15.3. The average Bonchev–Trinajstić information content (AvgIpc) is 2.37. The van der Waals surface area contributed by atoms with Crippen LogP contribution < -0.4 is 5.73 Å². The molecule has 2 heterocycles. The molecule has 2 fully saturated rings. The molecule has 2 saturated heterocycles. The van der Waals surface area contributed by atoms with E-state index in [0.717, 1.165) is 19.0 Å². The molecule has 0 aromatic carbocycles. The molecule has 2 N–H and O–H groups in total. The lowest BCUT2D eigenvalue weighted by Gasteiger charge is -2.50. The minimum absolute atomic E-state index is 0.383. The Labute approximate surface area is 117 Å². The SMILES string of the molecule is CC1CN2CCCCC2CN1C(C)CC(C)(N)C#N. The maximum atomic E-state index is 9.09. The molecule has 4 heteroatoms. The molecule has 108 valence electrons. The molecule has 4 unspecified atom stereocenters. The summed E-state index contributed by atoms with van der Waals surface area (Å²) in [6, 6.07) is 3.90. The summed E-state index contributed by atoms with van der Waals surface area (Å²) in [4.78, 5) is 5.22. The Hall–Kier alpha value is -0.630. The van der Waals surface area contributed by atoms with Crippen molar-refractivity contribution in [1.82, 2.24) is 9.80 Å². The lowest BCUT2D eigenvalue weighted by atomic mass is 9.91. The number of hydrogen-bond acceptors (Lipinski definition) is 4. The molecule has 2 aliphatic heterocycles. The molecule has 0 aromatic heterocycles. The van der Waals surface area contributed by atoms with Gasteiger partial charge in [-0.2, -0.15) is 5.26 Å². The van der Waals surface area contributed by atoms with Crippen molar-refractivity contribution in [3.8, 4) is 6.07 Å². The molecular weight excluding hydrogens is 236 g/mol. The van der Waals surface area contributed by atoms with E-state index in [9.17, 15) is 0 Å². The van der Waals surface area contributed by atoms with E-state index >= 15 is 0 Å². The fourth-order valence-corrected chi connectivity index (χ4v) is 3.77. The number of nitrogens with zero attached hydrogens (tertiary/aromatic N) is 3. The van der Waals surface area contributed by atoms with E-state index < -0.39 is 5.54 Å². The van der Waals surface area contributed by atoms with Crippen molar-refractivity contribution in [2.75, 3.05) is 19.6 Å². The van der Waals surface area contributed by atoms with Gasteiger partial charge in [-0.25, -0.2) is 0 Å². The number of rotatable bonds is 3. The smallest absolute Gasteiger partial charge is 0.102 e. The number of piperidine rings is 1. The van der Waals surface area contributed by atoms with E-state index in [-0.39, 0.29) is 0 Å². The molecule has 2 aliphatic rings. The molecule has 0 amide bonds. The summed E-state index contributed by atoms with van der Waals surface area (Å²) in [5.41, 5.74) is 5.30. The summed E-state index contributed by atoms with van der Waals surface area (Å²) in [6.07, 6.45) is 4.80. The number of nitriles is 1. The molecule has 0 aromatic rings. The van der Waals surface area contributed by atoms with Crippen LogP contribution in [0.5, 0.6) is 0 Å². The average molecular weight is 264 g/mol. The highest BCUT2D eigenvalue weighted by Gasteiger charge is 2.36. The first-order valence-corrected chi connectivity index (χ1v) is 7.63. The fraction of sp³-hybridized carbons (Fsp3) is 0.933. The molecule has 4 nitrogen and oxygen atoms in total. The van der Waals surface area contributed by atoms with Gasteiger partial charge in [-0.05, 0) is 46.6 Å². The molecule has 0 saturated carbocycles. The second-order valence-electron chi connectivity index (χ2n) is 6.77. The second kappa shape index (κ2) is 5.78. The monoisotopic (exact) mass is 264 g/mol. The third-order valence-electron chi connectivity index (χ3n) is 4.78. The van der Waals surface area contributed by atoms with E-state index in [1.807, 2.05) is 6.92 Å². The zero-order valence-electron chi connectivity index (χ0n) is 12.6. The van der Waals surface area contributed by atoms with Crippen LogP contribution in [0.1, 0.15) is 46.5 Å². The Morgan fingerprint density at radius 3 is 2.84 bits per heavy atom. The van der Waals surface area contributed by atoms with Crippen LogP contribution in [0.25, 0.3) is 0 Å². The third-order valence-corrected chi connectivity index (χ3v) is 4.78. The molecular formula is C15H28N4. The normalized spacial score (nSPS) is 34.1. The van der Waals surface area contributed by atoms with Gasteiger partial charge in [-0.15, -0.1) is 0 Å². The lowest BCUT2D eigenvalue weighted by molar-refractivity contribution is -0.00803. The van der Waals surface area contributed by atoms with Crippen molar-refractivity contribution in [3.63, 3.8) is 0 Å². The van der Waals surface area contributed by atoms with Gasteiger partial charge >= 0.3 is 0 Å². The zero-order chi connectivity index (χ0) is 14.0. The fourth-order valence-electron chi connectivity index (χ4n) is 3.77. The van der Waals surface area contributed by atoms with Crippen molar-refractivity contribution in [1.29, 1.82) is 5.26 Å². The number of piperazine rings is 1. The standard InChI is InChI=1S/C15H28N4/c1-12(8-15(3,17)11-16)19-10-14-6-4-5-7-18(14)9-13(19)2/h12-14H,4-10,17H2,1-3H3. The first-order valence-electron chi connectivity index (χ1n) is 7.63. The molecule has 0 aliphatic carbocycles. The Morgan fingerprint density at radius 1 is 1.42 bits per heavy atom. The molecule has 0 bridgehead atoms. The number of fused-ring (bicyclic) bond motifs is 1. The highest BCUT2D eigenvalue weighted by Crippen LogP contribution is 2.27. The van der Waals surface area contributed by atoms with Crippen LogP contribution in [0.4, 0.5) is 0 Å². The molecule has 0 radical (unpaired) electrons. The van der Waals surface area contributed by atoms with Crippen LogP contribution in [0.15, 0.2) is 0 Å². The van der Waals surface area contributed by atoms with Crippen molar-refractivity contribution >= 4 is 0 Å². The van der Waals surface area contributed by atoms with Crippen LogP contribution in [0.3, 0.4) is 0 Å². The maximum absolute atomic E-state index is 9.09. The predicted octanol–water partition coefficient (Wildman–Crippen LogP) is 1.56. The summed E-state index contributed by atoms with van der Waals surface area (Å²) in [7, 11) is 0. The number of nitrogens with two attached hydrogens (primary N) is 1. The summed E-state index contributed by atoms with van der Waals surface area (Å²) < 4.78 is 0. The van der Waals surface area contributed by atoms with E-state index in [2.05, 4.69) is 29.7 Å². The topological polar surface area (TPSA) is 56.3 Å². The van der Waals surface area contributed by atoms with Gasteiger partial charge in [0.1, 0.15) is 5.54 Å². The summed E-state index contributed by atoms with van der Waals surface area (Å²) in [6.45, 7) is 9.95.